The van der Waals surface area contributed by atoms with Crippen molar-refractivity contribution in [3.8, 4) is 0 Å². The Morgan fingerprint density at radius 3 is 2.54 bits per heavy atom. The zero-order valence-corrected chi connectivity index (χ0v) is 17.9. The van der Waals surface area contributed by atoms with Gasteiger partial charge in [-0.2, -0.15) is 5.10 Å². The Kier molecular flexibility index (Phi) is 6.28. The van der Waals surface area contributed by atoms with Crippen LogP contribution in [0.2, 0.25) is 10.0 Å². The molecule has 8 heteroatoms. The summed E-state index contributed by atoms with van der Waals surface area (Å²) >= 11 is 15.7. The van der Waals surface area contributed by atoms with Gasteiger partial charge in [-0.15, -0.1) is 0 Å². The van der Waals surface area contributed by atoms with E-state index in [-0.39, 0.29) is 11.9 Å². The van der Waals surface area contributed by atoms with Gasteiger partial charge in [0, 0.05) is 49.0 Å². The van der Waals surface area contributed by atoms with Gasteiger partial charge in [0.2, 0.25) is 5.91 Å². The molecule has 0 bridgehead atoms. The smallest absolute Gasteiger partial charge is 0.247 e. The van der Waals surface area contributed by atoms with Gasteiger partial charge >= 0.3 is 0 Å². The quantitative estimate of drug-likeness (QED) is 0.688. The molecule has 1 fully saturated rings. The minimum Gasteiger partial charge on any atom is -0.338 e. The number of halogens is 3. The molecule has 1 amide bonds. The van der Waals surface area contributed by atoms with Gasteiger partial charge in [-0.25, -0.2) is 0 Å². The van der Waals surface area contributed by atoms with Crippen LogP contribution in [-0.4, -0.2) is 51.7 Å². The predicted octanol–water partition coefficient (Wildman–Crippen LogP) is 4.17. The lowest BCUT2D eigenvalue weighted by atomic mass is 10.2. The van der Waals surface area contributed by atoms with Crippen LogP contribution in [-0.2, 0) is 11.3 Å². The van der Waals surface area contributed by atoms with Crippen LogP contribution >= 0.6 is 39.1 Å². The fourth-order valence-corrected chi connectivity index (χ4v) is 3.81. The first-order valence-corrected chi connectivity index (χ1v) is 10.1. The topological polar surface area (TPSA) is 41.4 Å². The van der Waals surface area contributed by atoms with Crippen LogP contribution in [0.15, 0.2) is 28.9 Å². The van der Waals surface area contributed by atoms with Crippen molar-refractivity contribution in [3.05, 3.63) is 50.2 Å². The van der Waals surface area contributed by atoms with Gasteiger partial charge in [0.05, 0.1) is 10.2 Å². The second-order valence-corrected chi connectivity index (χ2v) is 8.25. The van der Waals surface area contributed by atoms with Crippen molar-refractivity contribution in [2.24, 2.45) is 0 Å². The Hall–Kier alpha value is -1.08. The summed E-state index contributed by atoms with van der Waals surface area (Å²) in [5, 5.41) is 5.73. The average molecular weight is 460 g/mol. The Bertz CT molecular complexity index is 783. The molecule has 1 unspecified atom stereocenters. The number of aromatic nitrogens is 2. The maximum atomic E-state index is 12.8. The summed E-state index contributed by atoms with van der Waals surface area (Å²) in [6, 6.07) is 5.28. The Balaban J connectivity index is 1.56. The monoisotopic (exact) mass is 458 g/mol. The lowest BCUT2D eigenvalue weighted by molar-refractivity contribution is -0.136. The number of nitrogens with zero attached hydrogens (tertiary/aromatic N) is 4. The normalized spacial score (nSPS) is 16.7. The van der Waals surface area contributed by atoms with Crippen molar-refractivity contribution in [3.63, 3.8) is 0 Å². The number of benzene rings is 1. The number of amides is 1. The van der Waals surface area contributed by atoms with Crippen molar-refractivity contribution >= 4 is 45.0 Å². The van der Waals surface area contributed by atoms with E-state index in [0.717, 1.165) is 35.4 Å². The highest BCUT2D eigenvalue weighted by Gasteiger charge is 2.26. The second kappa shape index (κ2) is 8.30. The predicted molar refractivity (Wildman–Crippen MR) is 108 cm³/mol. The maximum Gasteiger partial charge on any atom is 0.247 e. The van der Waals surface area contributed by atoms with Crippen molar-refractivity contribution in [1.29, 1.82) is 0 Å². The summed E-state index contributed by atoms with van der Waals surface area (Å²) in [4.78, 5) is 17.0. The van der Waals surface area contributed by atoms with E-state index in [1.54, 1.807) is 10.7 Å². The molecule has 140 valence electrons. The molecule has 1 aliphatic heterocycles. The number of carbonyl (C=O) groups excluding carboxylic acids is 1. The molecule has 1 aliphatic rings. The SMILES string of the molecule is Cc1nn(C(C)C(=O)N2CCN(Cc3ccc(Cl)cc3Cl)CC2)cc1Br. The van der Waals surface area contributed by atoms with Crippen molar-refractivity contribution < 1.29 is 4.79 Å². The van der Waals surface area contributed by atoms with E-state index in [1.165, 1.54) is 0 Å². The lowest BCUT2D eigenvalue weighted by Gasteiger charge is -2.36. The van der Waals surface area contributed by atoms with E-state index in [0.29, 0.717) is 23.1 Å². The Morgan fingerprint density at radius 2 is 1.96 bits per heavy atom. The van der Waals surface area contributed by atoms with Crippen LogP contribution in [0.25, 0.3) is 0 Å². The molecule has 5 nitrogen and oxygen atoms in total. The highest BCUT2D eigenvalue weighted by Crippen LogP contribution is 2.23. The Labute approximate surface area is 172 Å². The first-order valence-electron chi connectivity index (χ1n) is 8.51. The molecule has 0 saturated carbocycles. The first-order chi connectivity index (χ1) is 12.3. The van der Waals surface area contributed by atoms with E-state index >= 15 is 0 Å². The van der Waals surface area contributed by atoms with E-state index in [2.05, 4.69) is 25.9 Å². The standard InChI is InChI=1S/C18H21BrCl2N4O/c1-12-16(19)11-25(22-12)13(2)18(26)24-7-5-23(6-8-24)10-14-3-4-15(20)9-17(14)21/h3-4,9,11,13H,5-8,10H2,1-2H3. The zero-order chi connectivity index (χ0) is 18.8. The van der Waals surface area contributed by atoms with Crippen molar-refractivity contribution in [2.45, 2.75) is 26.4 Å². The lowest BCUT2D eigenvalue weighted by Crippen LogP contribution is -2.50. The minimum atomic E-state index is -0.308. The second-order valence-electron chi connectivity index (χ2n) is 6.56. The van der Waals surface area contributed by atoms with E-state index in [1.807, 2.05) is 37.1 Å². The number of hydrogen-bond acceptors (Lipinski definition) is 3. The average Bonchev–Trinajstić information content (AvgIpc) is 2.96. The van der Waals surface area contributed by atoms with Gasteiger partial charge in [0.15, 0.2) is 0 Å². The number of hydrogen-bond donors (Lipinski definition) is 0. The molecule has 1 saturated heterocycles. The maximum absolute atomic E-state index is 12.8. The molecular formula is C18H21BrCl2N4O. The third kappa shape index (κ3) is 4.42. The van der Waals surface area contributed by atoms with Crippen LogP contribution < -0.4 is 0 Å². The summed E-state index contributed by atoms with van der Waals surface area (Å²) in [6.07, 6.45) is 1.86. The molecule has 2 heterocycles. The van der Waals surface area contributed by atoms with Gasteiger partial charge in [0.25, 0.3) is 0 Å². The van der Waals surface area contributed by atoms with Crippen LogP contribution in [0, 0.1) is 6.92 Å². The van der Waals surface area contributed by atoms with Gasteiger partial charge in [-0.3, -0.25) is 14.4 Å². The van der Waals surface area contributed by atoms with E-state index in [4.69, 9.17) is 23.2 Å². The molecule has 0 radical (unpaired) electrons. The molecule has 0 N–H and O–H groups in total. The van der Waals surface area contributed by atoms with Gasteiger partial charge in [0.1, 0.15) is 6.04 Å². The van der Waals surface area contributed by atoms with Crippen LogP contribution in [0.3, 0.4) is 0 Å². The molecule has 1 atom stereocenters. The fraction of sp³-hybridized carbons (Fsp3) is 0.444. The summed E-state index contributed by atoms with van der Waals surface area (Å²) in [7, 11) is 0. The zero-order valence-electron chi connectivity index (χ0n) is 14.8. The summed E-state index contributed by atoms with van der Waals surface area (Å²) < 4.78 is 2.64. The van der Waals surface area contributed by atoms with Crippen molar-refractivity contribution in [1.82, 2.24) is 19.6 Å². The largest absolute Gasteiger partial charge is 0.338 e. The number of rotatable bonds is 4. The highest BCUT2D eigenvalue weighted by molar-refractivity contribution is 9.10. The molecular weight excluding hydrogens is 439 g/mol. The Morgan fingerprint density at radius 1 is 1.27 bits per heavy atom. The summed E-state index contributed by atoms with van der Waals surface area (Å²) in [5.74, 6) is 0.101. The van der Waals surface area contributed by atoms with Crippen LogP contribution in [0.1, 0.15) is 24.2 Å². The van der Waals surface area contributed by atoms with E-state index in [9.17, 15) is 4.79 Å². The molecule has 2 aromatic rings. The summed E-state index contributed by atoms with van der Waals surface area (Å²) in [5.41, 5.74) is 1.94. The molecule has 1 aromatic heterocycles. The van der Waals surface area contributed by atoms with Gasteiger partial charge in [-0.1, -0.05) is 29.3 Å². The van der Waals surface area contributed by atoms with E-state index < -0.39 is 0 Å². The highest BCUT2D eigenvalue weighted by atomic mass is 79.9. The number of carbonyl (C=O) groups is 1. The van der Waals surface area contributed by atoms with Gasteiger partial charge < -0.3 is 4.90 Å². The minimum absolute atomic E-state index is 0.101. The molecule has 26 heavy (non-hydrogen) atoms. The number of piperazine rings is 1. The third-order valence-electron chi connectivity index (χ3n) is 4.70. The molecule has 1 aromatic carbocycles. The molecule has 0 aliphatic carbocycles. The van der Waals surface area contributed by atoms with Crippen LogP contribution in [0.4, 0.5) is 0 Å². The molecule has 0 spiro atoms. The summed E-state index contributed by atoms with van der Waals surface area (Å²) in [6.45, 7) is 7.61. The molecule has 3 rings (SSSR count). The fourth-order valence-electron chi connectivity index (χ4n) is 3.05. The van der Waals surface area contributed by atoms with Crippen molar-refractivity contribution in [2.75, 3.05) is 26.2 Å². The first kappa shape index (κ1) is 19.7. The van der Waals surface area contributed by atoms with Gasteiger partial charge in [-0.05, 0) is 47.5 Å². The van der Waals surface area contributed by atoms with Crippen LogP contribution in [0.5, 0.6) is 0 Å². The number of aryl methyl sites for hydroxylation is 1. The third-order valence-corrected chi connectivity index (χ3v) is 6.07.